The summed E-state index contributed by atoms with van der Waals surface area (Å²) in [5.41, 5.74) is 0.919. The molecule has 1 aliphatic heterocycles. The molecule has 0 spiro atoms. The molecule has 0 amide bonds. The maximum Gasteiger partial charge on any atom is 0.160 e. The summed E-state index contributed by atoms with van der Waals surface area (Å²) in [5.74, 6) is 1.04. The number of nitrogens with zero attached hydrogens (tertiary/aromatic N) is 4. The highest BCUT2D eigenvalue weighted by molar-refractivity contribution is 9.10. The van der Waals surface area contributed by atoms with Crippen molar-refractivity contribution in [2.45, 2.75) is 32.2 Å². The maximum absolute atomic E-state index is 4.31. The van der Waals surface area contributed by atoms with Crippen LogP contribution in [-0.4, -0.2) is 32.6 Å². The highest BCUT2D eigenvalue weighted by Gasteiger charge is 2.13. The second-order valence-corrected chi connectivity index (χ2v) is 5.80. The summed E-state index contributed by atoms with van der Waals surface area (Å²) in [6.45, 7) is 3.27. The van der Waals surface area contributed by atoms with Gasteiger partial charge in [-0.15, -0.1) is 10.2 Å². The Balaban J connectivity index is 1.83. The third-order valence-electron chi connectivity index (χ3n) is 3.50. The van der Waals surface area contributed by atoms with E-state index in [9.17, 15) is 0 Å². The largest absolute Gasteiger partial charge is 0.296 e. The average Bonchev–Trinajstić information content (AvgIpc) is 2.60. The molecule has 0 N–H and O–H groups in total. The smallest absolute Gasteiger partial charge is 0.160 e. The van der Waals surface area contributed by atoms with E-state index in [0.717, 1.165) is 22.5 Å². The summed E-state index contributed by atoms with van der Waals surface area (Å²) < 4.78 is 3.14. The monoisotopic (exact) mass is 308 g/mol. The first-order chi connectivity index (χ1) is 8.83. The minimum atomic E-state index is 0.900. The van der Waals surface area contributed by atoms with Crippen molar-refractivity contribution in [2.75, 3.05) is 13.1 Å². The van der Waals surface area contributed by atoms with E-state index in [2.05, 4.69) is 35.4 Å². The lowest BCUT2D eigenvalue weighted by Crippen LogP contribution is -2.25. The Bertz CT molecular complexity index is 529. The summed E-state index contributed by atoms with van der Waals surface area (Å²) >= 11 is 3.50. The van der Waals surface area contributed by atoms with Crippen LogP contribution < -0.4 is 0 Å². The molecule has 0 saturated carbocycles. The van der Waals surface area contributed by atoms with Crippen LogP contribution >= 0.6 is 15.9 Å². The standard InChI is InChI=1S/C13H17BrN4/c14-11-5-6-12-15-16-13(18(12)9-11)10-17-7-3-1-2-4-8-17/h5-6,9H,1-4,7-8,10H2. The van der Waals surface area contributed by atoms with Crippen molar-refractivity contribution in [3.8, 4) is 0 Å². The predicted molar refractivity (Wildman–Crippen MR) is 74.4 cm³/mol. The van der Waals surface area contributed by atoms with E-state index < -0.39 is 0 Å². The average molecular weight is 309 g/mol. The van der Waals surface area contributed by atoms with Gasteiger partial charge in [-0.3, -0.25) is 9.30 Å². The quantitative estimate of drug-likeness (QED) is 0.855. The fourth-order valence-electron chi connectivity index (χ4n) is 2.51. The molecule has 1 saturated heterocycles. The minimum absolute atomic E-state index is 0.900. The molecule has 0 aliphatic carbocycles. The molecule has 0 bridgehead atoms. The molecule has 18 heavy (non-hydrogen) atoms. The van der Waals surface area contributed by atoms with Gasteiger partial charge in [0, 0.05) is 10.7 Å². The van der Waals surface area contributed by atoms with Gasteiger partial charge in [-0.1, -0.05) is 12.8 Å². The number of aromatic nitrogens is 3. The van der Waals surface area contributed by atoms with Crippen LogP contribution in [0.4, 0.5) is 0 Å². The van der Waals surface area contributed by atoms with Crippen LogP contribution in [0.3, 0.4) is 0 Å². The van der Waals surface area contributed by atoms with Gasteiger partial charge in [0.15, 0.2) is 11.5 Å². The SMILES string of the molecule is Brc1ccc2nnc(CN3CCCCCC3)n2c1. The van der Waals surface area contributed by atoms with Crippen LogP contribution in [0.1, 0.15) is 31.5 Å². The number of pyridine rings is 1. The summed E-state index contributed by atoms with van der Waals surface area (Å²) in [6.07, 6.45) is 7.38. The minimum Gasteiger partial charge on any atom is -0.296 e. The van der Waals surface area contributed by atoms with Crippen molar-refractivity contribution in [1.82, 2.24) is 19.5 Å². The topological polar surface area (TPSA) is 33.4 Å². The molecule has 5 heteroatoms. The van der Waals surface area contributed by atoms with Crippen LogP contribution in [0.5, 0.6) is 0 Å². The van der Waals surface area contributed by atoms with Crippen molar-refractivity contribution in [1.29, 1.82) is 0 Å². The molecule has 4 nitrogen and oxygen atoms in total. The summed E-state index contributed by atoms with van der Waals surface area (Å²) in [5, 5.41) is 8.53. The Labute approximate surface area is 115 Å². The predicted octanol–water partition coefficient (Wildman–Crippen LogP) is 2.87. The number of hydrogen-bond donors (Lipinski definition) is 0. The number of likely N-dealkylation sites (tertiary alicyclic amines) is 1. The van der Waals surface area contributed by atoms with Crippen LogP contribution in [-0.2, 0) is 6.54 Å². The van der Waals surface area contributed by atoms with E-state index in [1.165, 1.54) is 38.8 Å². The Kier molecular flexibility index (Phi) is 3.61. The number of halogens is 1. The molecule has 1 aliphatic rings. The zero-order valence-electron chi connectivity index (χ0n) is 10.3. The number of fused-ring (bicyclic) bond motifs is 1. The van der Waals surface area contributed by atoms with Gasteiger partial charge in [0.25, 0.3) is 0 Å². The highest BCUT2D eigenvalue weighted by Crippen LogP contribution is 2.15. The fraction of sp³-hybridized carbons (Fsp3) is 0.538. The van der Waals surface area contributed by atoms with E-state index in [0.29, 0.717) is 0 Å². The van der Waals surface area contributed by atoms with Crippen molar-refractivity contribution in [3.05, 3.63) is 28.6 Å². The number of hydrogen-bond acceptors (Lipinski definition) is 3. The summed E-state index contributed by atoms with van der Waals surface area (Å²) in [6, 6.07) is 3.99. The van der Waals surface area contributed by atoms with E-state index in [4.69, 9.17) is 0 Å². The lowest BCUT2D eigenvalue weighted by Gasteiger charge is -2.18. The van der Waals surface area contributed by atoms with Gasteiger partial charge in [0.1, 0.15) is 0 Å². The first-order valence-electron chi connectivity index (χ1n) is 6.54. The molecular formula is C13H17BrN4. The summed E-state index contributed by atoms with van der Waals surface area (Å²) in [4.78, 5) is 2.49. The molecule has 96 valence electrons. The van der Waals surface area contributed by atoms with E-state index in [1.807, 2.05) is 18.3 Å². The maximum atomic E-state index is 4.31. The third-order valence-corrected chi connectivity index (χ3v) is 3.97. The van der Waals surface area contributed by atoms with Crippen molar-refractivity contribution in [3.63, 3.8) is 0 Å². The Morgan fingerprint density at radius 2 is 1.83 bits per heavy atom. The molecule has 1 fully saturated rings. The van der Waals surface area contributed by atoms with Crippen LogP contribution in [0.25, 0.3) is 5.65 Å². The number of rotatable bonds is 2. The zero-order chi connectivity index (χ0) is 12.4. The fourth-order valence-corrected chi connectivity index (χ4v) is 2.85. The second-order valence-electron chi connectivity index (χ2n) is 4.88. The normalized spacial score (nSPS) is 18.1. The van der Waals surface area contributed by atoms with Crippen molar-refractivity contribution < 1.29 is 0 Å². The zero-order valence-corrected chi connectivity index (χ0v) is 11.9. The van der Waals surface area contributed by atoms with E-state index in [-0.39, 0.29) is 0 Å². The Morgan fingerprint density at radius 1 is 1.06 bits per heavy atom. The van der Waals surface area contributed by atoms with Gasteiger partial charge >= 0.3 is 0 Å². The second kappa shape index (κ2) is 5.36. The van der Waals surface area contributed by atoms with Crippen LogP contribution in [0, 0.1) is 0 Å². The van der Waals surface area contributed by atoms with Crippen LogP contribution in [0.15, 0.2) is 22.8 Å². The molecule has 0 aromatic carbocycles. The van der Waals surface area contributed by atoms with Gasteiger partial charge in [0.2, 0.25) is 0 Å². The van der Waals surface area contributed by atoms with E-state index in [1.54, 1.807) is 0 Å². The molecule has 0 radical (unpaired) electrons. The molecule has 2 aromatic heterocycles. The van der Waals surface area contributed by atoms with Crippen LogP contribution in [0.2, 0.25) is 0 Å². The molecule has 0 atom stereocenters. The Morgan fingerprint density at radius 3 is 2.61 bits per heavy atom. The Hall–Kier alpha value is -0.940. The van der Waals surface area contributed by atoms with Gasteiger partial charge in [0.05, 0.1) is 6.54 Å². The highest BCUT2D eigenvalue weighted by atomic mass is 79.9. The molecule has 3 rings (SSSR count). The van der Waals surface area contributed by atoms with Crippen molar-refractivity contribution >= 4 is 21.6 Å². The van der Waals surface area contributed by atoms with Gasteiger partial charge in [-0.05, 0) is 54.0 Å². The van der Waals surface area contributed by atoms with E-state index >= 15 is 0 Å². The third kappa shape index (κ3) is 2.57. The molecule has 0 unspecified atom stereocenters. The lowest BCUT2D eigenvalue weighted by molar-refractivity contribution is 0.269. The molecule has 2 aromatic rings. The molecular weight excluding hydrogens is 292 g/mol. The van der Waals surface area contributed by atoms with Gasteiger partial charge in [-0.2, -0.15) is 0 Å². The first kappa shape index (κ1) is 12.1. The van der Waals surface area contributed by atoms with Crippen molar-refractivity contribution in [2.24, 2.45) is 0 Å². The molecule has 3 heterocycles. The van der Waals surface area contributed by atoms with Gasteiger partial charge < -0.3 is 0 Å². The lowest BCUT2D eigenvalue weighted by atomic mass is 10.2. The van der Waals surface area contributed by atoms with Gasteiger partial charge in [-0.25, -0.2) is 0 Å². The first-order valence-corrected chi connectivity index (χ1v) is 7.34. The summed E-state index contributed by atoms with van der Waals surface area (Å²) in [7, 11) is 0.